The van der Waals surface area contributed by atoms with Crippen molar-refractivity contribution >= 4 is 5.78 Å². The summed E-state index contributed by atoms with van der Waals surface area (Å²) in [5, 5.41) is 3.68. The Labute approximate surface area is 150 Å². The van der Waals surface area contributed by atoms with Crippen LogP contribution in [0.25, 0.3) is 0 Å². The van der Waals surface area contributed by atoms with Crippen LogP contribution in [0.4, 0.5) is 0 Å². The fourth-order valence-corrected chi connectivity index (χ4v) is 5.53. The van der Waals surface area contributed by atoms with E-state index in [1.807, 2.05) is 0 Å². The topological polar surface area (TPSA) is 53.2 Å². The number of ketones is 1. The first-order valence-electron chi connectivity index (χ1n) is 9.49. The number of allylic oxidation sites excluding steroid dienone is 2. The lowest BCUT2D eigenvalue weighted by atomic mass is 9.55. The standard InChI is InChI=1S/C21H29N3O/c1-5-21(14-9-7-6-8-10-14)17-13(2)23-24-19(17)22-15-11-20(3,4)12-16(25)18(15)21/h6-10,13,17,19,22-24H,5,11-12H2,1-4H3/t13?,17?,19?,21-/m0/s1. The third-order valence-electron chi connectivity index (χ3n) is 6.43. The molecule has 1 fully saturated rings. The lowest BCUT2D eigenvalue weighted by Gasteiger charge is -2.51. The van der Waals surface area contributed by atoms with E-state index in [0.717, 1.165) is 24.1 Å². The van der Waals surface area contributed by atoms with Crippen LogP contribution in [0.5, 0.6) is 0 Å². The molecule has 1 aromatic carbocycles. The number of carbonyl (C=O) groups excluding carboxylic acids is 1. The smallest absolute Gasteiger partial charge is 0.162 e. The van der Waals surface area contributed by atoms with Crippen molar-refractivity contribution < 1.29 is 4.79 Å². The van der Waals surface area contributed by atoms with Crippen LogP contribution in [0.2, 0.25) is 0 Å². The number of nitrogens with one attached hydrogen (secondary N) is 3. The minimum atomic E-state index is -0.240. The minimum Gasteiger partial charge on any atom is -0.371 e. The van der Waals surface area contributed by atoms with Crippen molar-refractivity contribution in [2.75, 3.05) is 0 Å². The van der Waals surface area contributed by atoms with E-state index in [2.05, 4.69) is 74.2 Å². The Hall–Kier alpha value is -1.65. The molecule has 4 atom stereocenters. The Morgan fingerprint density at radius 3 is 2.52 bits per heavy atom. The van der Waals surface area contributed by atoms with Crippen molar-refractivity contribution in [3.05, 3.63) is 47.2 Å². The quantitative estimate of drug-likeness (QED) is 0.775. The van der Waals surface area contributed by atoms with Gasteiger partial charge in [-0.25, -0.2) is 5.43 Å². The van der Waals surface area contributed by atoms with Crippen LogP contribution in [0.3, 0.4) is 0 Å². The first-order valence-corrected chi connectivity index (χ1v) is 9.49. The molecule has 0 aromatic heterocycles. The number of hydrazine groups is 1. The molecule has 4 nitrogen and oxygen atoms in total. The average Bonchev–Trinajstić information content (AvgIpc) is 2.94. The second kappa shape index (κ2) is 5.68. The van der Waals surface area contributed by atoms with Crippen molar-refractivity contribution in [3.63, 3.8) is 0 Å². The molecular formula is C21H29N3O. The van der Waals surface area contributed by atoms with Gasteiger partial charge in [0.2, 0.25) is 0 Å². The molecule has 0 saturated carbocycles. The number of benzene rings is 1. The second-order valence-corrected chi connectivity index (χ2v) is 8.71. The molecular weight excluding hydrogens is 310 g/mol. The van der Waals surface area contributed by atoms with Crippen molar-refractivity contribution in [1.82, 2.24) is 16.2 Å². The molecule has 0 spiro atoms. The molecule has 4 rings (SSSR count). The first-order chi connectivity index (χ1) is 11.9. The maximum atomic E-state index is 13.3. The van der Waals surface area contributed by atoms with Gasteiger partial charge < -0.3 is 5.32 Å². The summed E-state index contributed by atoms with van der Waals surface area (Å²) in [5.41, 5.74) is 10.1. The Bertz CT molecular complexity index is 724. The fraction of sp³-hybridized carbons (Fsp3) is 0.571. The van der Waals surface area contributed by atoms with Crippen LogP contribution in [0, 0.1) is 11.3 Å². The fourth-order valence-electron chi connectivity index (χ4n) is 5.53. The average molecular weight is 339 g/mol. The Kier molecular flexibility index (Phi) is 3.82. The summed E-state index contributed by atoms with van der Waals surface area (Å²) in [6.45, 7) is 8.84. The van der Waals surface area contributed by atoms with Crippen LogP contribution < -0.4 is 16.2 Å². The third kappa shape index (κ3) is 2.38. The highest BCUT2D eigenvalue weighted by atomic mass is 16.1. The van der Waals surface area contributed by atoms with Crippen LogP contribution in [0.1, 0.15) is 52.5 Å². The van der Waals surface area contributed by atoms with Gasteiger partial charge in [0.05, 0.1) is 6.17 Å². The maximum Gasteiger partial charge on any atom is 0.162 e. The van der Waals surface area contributed by atoms with Gasteiger partial charge >= 0.3 is 0 Å². The van der Waals surface area contributed by atoms with Crippen molar-refractivity contribution in [2.24, 2.45) is 11.3 Å². The van der Waals surface area contributed by atoms with E-state index >= 15 is 0 Å². The number of hydrogen-bond acceptors (Lipinski definition) is 4. The van der Waals surface area contributed by atoms with Gasteiger partial charge in [0.15, 0.2) is 5.78 Å². The molecule has 0 amide bonds. The zero-order valence-corrected chi connectivity index (χ0v) is 15.6. The van der Waals surface area contributed by atoms with Gasteiger partial charge in [0.25, 0.3) is 0 Å². The molecule has 2 heterocycles. The number of Topliss-reactive ketones (excluding diaryl/α,β-unsaturated/α-hetero) is 1. The summed E-state index contributed by atoms with van der Waals surface area (Å²) in [4.78, 5) is 13.3. The molecule has 134 valence electrons. The molecule has 0 bridgehead atoms. The van der Waals surface area contributed by atoms with Crippen molar-refractivity contribution in [1.29, 1.82) is 0 Å². The highest BCUT2D eigenvalue weighted by molar-refractivity contribution is 6.00. The van der Waals surface area contributed by atoms with E-state index < -0.39 is 0 Å². The lowest BCUT2D eigenvalue weighted by Crippen LogP contribution is -2.59. The molecule has 1 aromatic rings. The molecule has 2 aliphatic heterocycles. The zero-order valence-electron chi connectivity index (χ0n) is 15.6. The third-order valence-corrected chi connectivity index (χ3v) is 6.43. The van der Waals surface area contributed by atoms with Crippen LogP contribution in [-0.4, -0.2) is 18.0 Å². The summed E-state index contributed by atoms with van der Waals surface area (Å²) >= 11 is 0. The van der Waals surface area contributed by atoms with Gasteiger partial charge in [0, 0.05) is 35.1 Å². The van der Waals surface area contributed by atoms with Crippen LogP contribution in [-0.2, 0) is 10.2 Å². The van der Waals surface area contributed by atoms with E-state index in [0.29, 0.717) is 18.1 Å². The monoisotopic (exact) mass is 339 g/mol. The summed E-state index contributed by atoms with van der Waals surface area (Å²) in [5.74, 6) is 0.616. The van der Waals surface area contributed by atoms with E-state index in [-0.39, 0.29) is 23.0 Å². The minimum absolute atomic E-state index is 0.0174. The van der Waals surface area contributed by atoms with Gasteiger partial charge in [-0.05, 0) is 30.7 Å². The normalized spacial score (nSPS) is 36.6. The van der Waals surface area contributed by atoms with E-state index in [1.54, 1.807) is 0 Å². The van der Waals surface area contributed by atoms with Gasteiger partial charge in [-0.3, -0.25) is 10.2 Å². The molecule has 4 heteroatoms. The highest BCUT2D eigenvalue weighted by Crippen LogP contribution is 2.53. The van der Waals surface area contributed by atoms with Crippen LogP contribution >= 0.6 is 0 Å². The second-order valence-electron chi connectivity index (χ2n) is 8.71. The predicted octanol–water partition coefficient (Wildman–Crippen LogP) is 3.02. The van der Waals surface area contributed by atoms with Crippen LogP contribution in [0.15, 0.2) is 41.6 Å². The van der Waals surface area contributed by atoms with Crippen molar-refractivity contribution in [3.8, 4) is 0 Å². The molecule has 0 radical (unpaired) electrons. The molecule has 1 saturated heterocycles. The maximum absolute atomic E-state index is 13.3. The molecule has 25 heavy (non-hydrogen) atoms. The van der Waals surface area contributed by atoms with Gasteiger partial charge in [-0.15, -0.1) is 0 Å². The Morgan fingerprint density at radius 1 is 1.12 bits per heavy atom. The highest BCUT2D eigenvalue weighted by Gasteiger charge is 2.57. The number of carbonyl (C=O) groups is 1. The van der Waals surface area contributed by atoms with Gasteiger partial charge in [-0.1, -0.05) is 51.1 Å². The summed E-state index contributed by atoms with van der Waals surface area (Å²) in [7, 11) is 0. The number of hydrogen-bond donors (Lipinski definition) is 3. The van der Waals surface area contributed by atoms with E-state index in [1.165, 1.54) is 5.56 Å². The number of fused-ring (bicyclic) bond motifs is 1. The largest absolute Gasteiger partial charge is 0.371 e. The van der Waals surface area contributed by atoms with Gasteiger partial charge in [0.1, 0.15) is 0 Å². The summed E-state index contributed by atoms with van der Waals surface area (Å²) in [6.07, 6.45) is 2.64. The number of rotatable bonds is 2. The lowest BCUT2D eigenvalue weighted by molar-refractivity contribution is -0.119. The van der Waals surface area contributed by atoms with E-state index in [9.17, 15) is 4.79 Å². The van der Waals surface area contributed by atoms with Gasteiger partial charge in [-0.2, -0.15) is 0 Å². The molecule has 3 N–H and O–H groups in total. The Morgan fingerprint density at radius 2 is 1.84 bits per heavy atom. The predicted molar refractivity (Wildman–Crippen MR) is 99.6 cm³/mol. The summed E-state index contributed by atoms with van der Waals surface area (Å²) < 4.78 is 0. The zero-order chi connectivity index (χ0) is 17.8. The molecule has 3 unspecified atom stereocenters. The molecule has 1 aliphatic carbocycles. The van der Waals surface area contributed by atoms with Crippen molar-refractivity contribution in [2.45, 2.75) is 64.6 Å². The SMILES string of the molecule is CC[C@@]1(c2ccccc2)C2=C(CC(C)(C)CC2=O)NC2NNC(C)C21. The van der Waals surface area contributed by atoms with E-state index in [4.69, 9.17) is 0 Å². The Balaban J connectivity index is 1.97. The first kappa shape index (κ1) is 16.8. The molecule has 3 aliphatic rings. The summed E-state index contributed by atoms with van der Waals surface area (Å²) in [6, 6.07) is 10.9.